The van der Waals surface area contributed by atoms with Crippen molar-refractivity contribution in [3.05, 3.63) is 29.3 Å². The number of hydrogen-bond donors (Lipinski definition) is 1. The van der Waals surface area contributed by atoms with Crippen LogP contribution in [0.1, 0.15) is 44.7 Å². The van der Waals surface area contributed by atoms with E-state index in [1.54, 1.807) is 0 Å². The molecule has 0 radical (unpaired) electrons. The molecule has 1 saturated carbocycles. The molecule has 1 aromatic carbocycles. The number of nitrogens with one attached hydrogen (secondary N) is 1. The van der Waals surface area contributed by atoms with Crippen LogP contribution in [-0.4, -0.2) is 23.3 Å². The van der Waals surface area contributed by atoms with Crippen LogP contribution >= 0.6 is 0 Å². The molecule has 4 heteroatoms. The van der Waals surface area contributed by atoms with Gasteiger partial charge < -0.3 is 10.2 Å². The Hall–Kier alpha value is -1.84. The molecule has 2 amide bonds. The molecule has 1 aliphatic heterocycles. The lowest BCUT2D eigenvalue weighted by atomic mass is 9.95. The topological polar surface area (TPSA) is 49.4 Å². The molecular weight excluding hydrogens is 276 g/mol. The normalized spacial score (nSPS) is 17.9. The van der Waals surface area contributed by atoms with Crippen LogP contribution in [0.3, 0.4) is 0 Å². The number of carbonyl (C=O) groups is 2. The van der Waals surface area contributed by atoms with E-state index in [4.69, 9.17) is 0 Å². The lowest BCUT2D eigenvalue weighted by molar-refractivity contribution is -0.133. The third kappa shape index (κ3) is 3.16. The second-order valence-corrected chi connectivity index (χ2v) is 7.47. The third-order valence-corrected chi connectivity index (χ3v) is 4.40. The molecule has 1 aromatic rings. The lowest BCUT2D eigenvalue weighted by Gasteiger charge is -2.29. The van der Waals surface area contributed by atoms with Gasteiger partial charge in [-0.25, -0.2) is 0 Å². The fourth-order valence-corrected chi connectivity index (χ4v) is 2.73. The summed E-state index contributed by atoms with van der Waals surface area (Å²) in [5.74, 6) is 0.578. The predicted molar refractivity (Wildman–Crippen MR) is 86.4 cm³/mol. The fraction of sp³-hybridized carbons (Fsp3) is 0.556. The smallest absolute Gasteiger partial charge is 0.229 e. The van der Waals surface area contributed by atoms with Crippen molar-refractivity contribution in [2.75, 3.05) is 11.9 Å². The van der Waals surface area contributed by atoms with E-state index in [0.717, 1.165) is 37.1 Å². The summed E-state index contributed by atoms with van der Waals surface area (Å²) >= 11 is 0. The monoisotopic (exact) mass is 300 g/mol. The zero-order valence-electron chi connectivity index (χ0n) is 13.6. The van der Waals surface area contributed by atoms with E-state index in [-0.39, 0.29) is 11.8 Å². The second kappa shape index (κ2) is 5.41. The highest BCUT2D eigenvalue weighted by Crippen LogP contribution is 2.33. The SMILES string of the molecule is CC(C)(C)C(=O)Nc1ccc2c(c1)CN(C(=O)C1CC1)CC2. The standard InChI is InChI=1S/C18H24N2O2/c1-18(2,3)17(22)19-15-7-6-12-8-9-20(11-14(12)10-15)16(21)13-4-5-13/h6-7,10,13H,4-5,8-9,11H2,1-3H3,(H,19,22). The molecule has 3 rings (SSSR count). The van der Waals surface area contributed by atoms with Gasteiger partial charge in [0.05, 0.1) is 0 Å². The van der Waals surface area contributed by atoms with Gasteiger partial charge in [-0.15, -0.1) is 0 Å². The van der Waals surface area contributed by atoms with E-state index >= 15 is 0 Å². The summed E-state index contributed by atoms with van der Waals surface area (Å²) in [6, 6.07) is 6.05. The van der Waals surface area contributed by atoms with Gasteiger partial charge in [0.15, 0.2) is 0 Å². The van der Waals surface area contributed by atoms with Crippen molar-refractivity contribution in [3.63, 3.8) is 0 Å². The molecule has 1 heterocycles. The predicted octanol–water partition coefficient (Wildman–Crippen LogP) is 2.97. The van der Waals surface area contributed by atoms with E-state index in [1.807, 2.05) is 37.8 Å². The summed E-state index contributed by atoms with van der Waals surface area (Å²) in [5.41, 5.74) is 2.85. The summed E-state index contributed by atoms with van der Waals surface area (Å²) in [4.78, 5) is 26.3. The molecule has 22 heavy (non-hydrogen) atoms. The third-order valence-electron chi connectivity index (χ3n) is 4.40. The van der Waals surface area contributed by atoms with Crippen molar-refractivity contribution in [2.45, 2.75) is 46.6 Å². The Morgan fingerprint density at radius 2 is 1.91 bits per heavy atom. The molecule has 0 unspecified atom stereocenters. The first-order valence-electron chi connectivity index (χ1n) is 8.06. The molecule has 0 bridgehead atoms. The van der Waals surface area contributed by atoms with Crippen LogP contribution in [-0.2, 0) is 22.6 Å². The molecule has 1 N–H and O–H groups in total. The van der Waals surface area contributed by atoms with Gasteiger partial charge in [0, 0.05) is 30.1 Å². The molecule has 2 aliphatic rings. The first kappa shape index (κ1) is 15.1. The Labute approximate surface area is 131 Å². The van der Waals surface area contributed by atoms with Crippen LogP contribution in [0.4, 0.5) is 5.69 Å². The van der Waals surface area contributed by atoms with Gasteiger partial charge in [-0.3, -0.25) is 9.59 Å². The first-order valence-corrected chi connectivity index (χ1v) is 8.06. The quantitative estimate of drug-likeness (QED) is 0.913. The summed E-state index contributed by atoms with van der Waals surface area (Å²) in [6.07, 6.45) is 3.00. The van der Waals surface area contributed by atoms with Crippen molar-refractivity contribution in [1.82, 2.24) is 4.90 Å². The van der Waals surface area contributed by atoms with Crippen molar-refractivity contribution in [2.24, 2.45) is 11.3 Å². The number of benzene rings is 1. The van der Waals surface area contributed by atoms with Crippen LogP contribution < -0.4 is 5.32 Å². The van der Waals surface area contributed by atoms with E-state index in [1.165, 1.54) is 5.56 Å². The maximum atomic E-state index is 12.2. The number of carbonyl (C=O) groups excluding carboxylic acids is 2. The Kier molecular flexibility index (Phi) is 3.71. The molecular formula is C18H24N2O2. The summed E-state index contributed by atoms with van der Waals surface area (Å²) < 4.78 is 0. The van der Waals surface area contributed by atoms with E-state index in [2.05, 4.69) is 11.4 Å². The average Bonchev–Trinajstić information content (AvgIpc) is 3.29. The zero-order chi connectivity index (χ0) is 15.9. The Balaban J connectivity index is 1.74. The second-order valence-electron chi connectivity index (χ2n) is 7.47. The van der Waals surface area contributed by atoms with Crippen LogP contribution in [0.15, 0.2) is 18.2 Å². The molecule has 4 nitrogen and oxygen atoms in total. The summed E-state index contributed by atoms with van der Waals surface area (Å²) in [6.45, 7) is 7.18. The van der Waals surface area contributed by atoms with E-state index in [0.29, 0.717) is 12.5 Å². The molecule has 1 aliphatic carbocycles. The molecule has 0 atom stereocenters. The van der Waals surface area contributed by atoms with E-state index < -0.39 is 5.41 Å². The van der Waals surface area contributed by atoms with Gasteiger partial charge in [0.1, 0.15) is 0 Å². The van der Waals surface area contributed by atoms with Gasteiger partial charge in [-0.1, -0.05) is 26.8 Å². The van der Waals surface area contributed by atoms with Crippen molar-refractivity contribution < 1.29 is 9.59 Å². The highest BCUT2D eigenvalue weighted by Gasteiger charge is 2.34. The van der Waals surface area contributed by atoms with Crippen LogP contribution in [0.5, 0.6) is 0 Å². The van der Waals surface area contributed by atoms with Gasteiger partial charge in [0.2, 0.25) is 11.8 Å². The Morgan fingerprint density at radius 1 is 1.18 bits per heavy atom. The molecule has 1 fully saturated rings. The Morgan fingerprint density at radius 3 is 2.55 bits per heavy atom. The number of nitrogens with zero attached hydrogens (tertiary/aromatic N) is 1. The van der Waals surface area contributed by atoms with Crippen molar-refractivity contribution >= 4 is 17.5 Å². The minimum atomic E-state index is -0.413. The minimum Gasteiger partial charge on any atom is -0.338 e. The maximum Gasteiger partial charge on any atom is 0.229 e. The number of anilines is 1. The van der Waals surface area contributed by atoms with Crippen LogP contribution in [0.25, 0.3) is 0 Å². The summed E-state index contributed by atoms with van der Waals surface area (Å²) in [7, 11) is 0. The van der Waals surface area contributed by atoms with Gasteiger partial charge >= 0.3 is 0 Å². The first-order chi connectivity index (χ1) is 10.3. The maximum absolute atomic E-state index is 12.2. The number of amides is 2. The van der Waals surface area contributed by atoms with Gasteiger partial charge in [0.25, 0.3) is 0 Å². The molecule has 118 valence electrons. The average molecular weight is 300 g/mol. The molecule has 0 spiro atoms. The molecule has 0 saturated heterocycles. The van der Waals surface area contributed by atoms with Crippen molar-refractivity contribution in [1.29, 1.82) is 0 Å². The largest absolute Gasteiger partial charge is 0.338 e. The number of rotatable bonds is 2. The van der Waals surface area contributed by atoms with Crippen LogP contribution in [0.2, 0.25) is 0 Å². The summed E-state index contributed by atoms with van der Waals surface area (Å²) in [5, 5.41) is 2.97. The number of fused-ring (bicyclic) bond motifs is 1. The highest BCUT2D eigenvalue weighted by molar-refractivity contribution is 5.94. The lowest BCUT2D eigenvalue weighted by Crippen LogP contribution is -2.37. The van der Waals surface area contributed by atoms with Crippen molar-refractivity contribution in [3.8, 4) is 0 Å². The van der Waals surface area contributed by atoms with Crippen LogP contribution in [0, 0.1) is 11.3 Å². The van der Waals surface area contributed by atoms with Gasteiger partial charge in [-0.2, -0.15) is 0 Å². The Bertz CT molecular complexity index is 612. The minimum absolute atomic E-state index is 0.00849. The highest BCUT2D eigenvalue weighted by atomic mass is 16.2. The van der Waals surface area contributed by atoms with Gasteiger partial charge in [-0.05, 0) is 42.5 Å². The fourth-order valence-electron chi connectivity index (χ4n) is 2.73. The molecule has 0 aromatic heterocycles. The van der Waals surface area contributed by atoms with E-state index in [9.17, 15) is 9.59 Å². The zero-order valence-corrected chi connectivity index (χ0v) is 13.6. The number of hydrogen-bond acceptors (Lipinski definition) is 2.